The molecule has 0 amide bonds. The lowest BCUT2D eigenvalue weighted by Crippen LogP contribution is -2.62. The molecule has 0 spiro atoms. The highest BCUT2D eigenvalue weighted by molar-refractivity contribution is 6.62. The van der Waals surface area contributed by atoms with Gasteiger partial charge in [-0.2, -0.15) is 0 Å². The maximum atomic E-state index is 11.0. The number of carbonyl (C=O) groups excluding carboxylic acids is 1. The molecular weight excluding hydrogens is 278 g/mol. The van der Waals surface area contributed by atoms with Crippen LogP contribution in [0.1, 0.15) is 48.0 Å². The average molecular weight is 307 g/mol. The third kappa shape index (κ3) is 5.88. The molecule has 0 aliphatic heterocycles. The molecule has 3 unspecified atom stereocenters. The van der Waals surface area contributed by atoms with Crippen LogP contribution in [0.3, 0.4) is 0 Å². The first kappa shape index (κ1) is 19.5. The zero-order valence-corrected chi connectivity index (χ0v) is 14.5. The first-order valence-electron chi connectivity index (χ1n) is 7.21. The Hall–Kier alpha value is -0.473. The van der Waals surface area contributed by atoms with Gasteiger partial charge in [0.15, 0.2) is 0 Å². The molecule has 120 valence electrons. The molecule has 2 N–H and O–H groups in total. The van der Waals surface area contributed by atoms with Gasteiger partial charge in [-0.3, -0.25) is 4.79 Å². The highest BCUT2D eigenvalue weighted by Gasteiger charge is 2.49. The van der Waals surface area contributed by atoms with Crippen molar-refractivity contribution < 1.29 is 22.8 Å². The third-order valence-electron chi connectivity index (χ3n) is 2.95. The van der Waals surface area contributed by atoms with E-state index in [1.807, 2.05) is 27.7 Å². The summed E-state index contributed by atoms with van der Waals surface area (Å²) in [4.78, 5) is 11.0. The van der Waals surface area contributed by atoms with Gasteiger partial charge in [-0.25, -0.2) is 0 Å². The SMILES string of the molecule is CCO[Si](OCC)(OC(C)C(C)OC(C)=O)C(N)CC. The van der Waals surface area contributed by atoms with Crippen LogP contribution in [0.25, 0.3) is 0 Å². The highest BCUT2D eigenvalue weighted by atomic mass is 28.4. The lowest BCUT2D eigenvalue weighted by molar-refractivity contribution is -0.151. The second kappa shape index (κ2) is 9.46. The van der Waals surface area contributed by atoms with Crippen molar-refractivity contribution in [1.82, 2.24) is 0 Å². The summed E-state index contributed by atoms with van der Waals surface area (Å²) in [6.07, 6.45) is -0.0356. The summed E-state index contributed by atoms with van der Waals surface area (Å²) in [5, 5.41) is 0. The molecule has 0 aliphatic rings. The van der Waals surface area contributed by atoms with Gasteiger partial charge in [0.05, 0.1) is 11.8 Å². The smallest absolute Gasteiger partial charge is 0.460 e. The molecule has 7 heteroatoms. The third-order valence-corrected chi connectivity index (χ3v) is 6.35. The topological polar surface area (TPSA) is 80.0 Å². The summed E-state index contributed by atoms with van der Waals surface area (Å²) in [7, 11) is -2.99. The van der Waals surface area contributed by atoms with E-state index in [9.17, 15) is 4.79 Å². The first-order chi connectivity index (χ1) is 9.32. The fourth-order valence-corrected chi connectivity index (χ4v) is 4.61. The molecule has 0 aromatic rings. The largest absolute Gasteiger partial charge is 0.518 e. The normalized spacial score (nSPS) is 16.6. The van der Waals surface area contributed by atoms with E-state index < -0.39 is 8.80 Å². The van der Waals surface area contributed by atoms with Gasteiger partial charge >= 0.3 is 14.8 Å². The van der Waals surface area contributed by atoms with Crippen LogP contribution in [-0.2, 0) is 22.8 Å². The van der Waals surface area contributed by atoms with Gasteiger partial charge in [-0.1, -0.05) is 6.92 Å². The second-order valence-electron chi connectivity index (χ2n) is 4.62. The van der Waals surface area contributed by atoms with Gasteiger partial charge in [-0.15, -0.1) is 0 Å². The summed E-state index contributed by atoms with van der Waals surface area (Å²) in [5.41, 5.74) is 5.86. The molecule has 0 aromatic heterocycles. The maximum absolute atomic E-state index is 11.0. The monoisotopic (exact) mass is 307 g/mol. The van der Waals surface area contributed by atoms with Gasteiger partial charge < -0.3 is 23.7 Å². The van der Waals surface area contributed by atoms with E-state index in [1.54, 1.807) is 6.92 Å². The molecule has 0 saturated heterocycles. The molecule has 20 heavy (non-hydrogen) atoms. The minimum atomic E-state index is -2.99. The van der Waals surface area contributed by atoms with E-state index in [2.05, 4.69) is 0 Å². The Morgan fingerprint density at radius 1 is 1.10 bits per heavy atom. The van der Waals surface area contributed by atoms with Gasteiger partial charge in [0.2, 0.25) is 0 Å². The molecule has 0 saturated carbocycles. The molecule has 0 fully saturated rings. The van der Waals surface area contributed by atoms with Gasteiger partial charge in [0.1, 0.15) is 6.10 Å². The molecule has 0 bridgehead atoms. The number of hydrogen-bond acceptors (Lipinski definition) is 6. The Morgan fingerprint density at radius 2 is 1.60 bits per heavy atom. The van der Waals surface area contributed by atoms with Gasteiger partial charge in [-0.05, 0) is 34.1 Å². The van der Waals surface area contributed by atoms with Crippen LogP contribution in [0.2, 0.25) is 0 Å². The lowest BCUT2D eigenvalue weighted by Gasteiger charge is -2.36. The minimum absolute atomic E-state index is 0.297. The number of nitrogens with two attached hydrogens (primary N) is 1. The quantitative estimate of drug-likeness (QED) is 0.488. The standard InChI is InChI=1S/C13H29NO5Si/c1-7-13(14)20(16-8-2,17-9-3)19-11(5)10(4)18-12(6)15/h10-11,13H,7-9,14H2,1-6H3. The van der Waals surface area contributed by atoms with Crippen molar-refractivity contribution in [3.63, 3.8) is 0 Å². The van der Waals surface area contributed by atoms with Crippen LogP contribution in [-0.4, -0.2) is 45.9 Å². The van der Waals surface area contributed by atoms with E-state index in [-0.39, 0.29) is 23.8 Å². The molecular formula is C13H29NO5Si. The lowest BCUT2D eigenvalue weighted by atomic mass is 10.3. The van der Waals surface area contributed by atoms with Gasteiger partial charge in [0.25, 0.3) is 0 Å². The fourth-order valence-electron chi connectivity index (χ4n) is 1.78. The van der Waals surface area contributed by atoms with Crippen molar-refractivity contribution in [2.75, 3.05) is 13.2 Å². The predicted molar refractivity (Wildman–Crippen MR) is 79.0 cm³/mol. The second-order valence-corrected chi connectivity index (χ2v) is 7.38. The van der Waals surface area contributed by atoms with E-state index in [0.717, 1.165) is 0 Å². The predicted octanol–water partition coefficient (Wildman–Crippen LogP) is 1.63. The van der Waals surface area contributed by atoms with Crippen LogP contribution in [0, 0.1) is 0 Å². The van der Waals surface area contributed by atoms with Crippen molar-refractivity contribution in [3.05, 3.63) is 0 Å². The van der Waals surface area contributed by atoms with Crippen LogP contribution in [0.4, 0.5) is 0 Å². The van der Waals surface area contributed by atoms with Crippen LogP contribution in [0.5, 0.6) is 0 Å². The van der Waals surface area contributed by atoms with Crippen molar-refractivity contribution in [2.45, 2.75) is 65.8 Å². The summed E-state index contributed by atoms with van der Waals surface area (Å²) < 4.78 is 22.7. The average Bonchev–Trinajstić information content (AvgIpc) is 2.37. The Balaban J connectivity index is 4.97. The van der Waals surface area contributed by atoms with E-state index in [0.29, 0.717) is 19.6 Å². The van der Waals surface area contributed by atoms with Crippen molar-refractivity contribution in [3.8, 4) is 0 Å². The maximum Gasteiger partial charge on any atom is 0.518 e. The molecule has 0 aromatic carbocycles. The van der Waals surface area contributed by atoms with E-state index in [1.165, 1.54) is 6.92 Å². The molecule has 0 heterocycles. The molecule has 0 aliphatic carbocycles. The van der Waals surface area contributed by atoms with Crippen LogP contribution >= 0.6 is 0 Å². The molecule has 3 atom stereocenters. The molecule has 6 nitrogen and oxygen atoms in total. The minimum Gasteiger partial charge on any atom is -0.460 e. The Morgan fingerprint density at radius 3 is 1.95 bits per heavy atom. The van der Waals surface area contributed by atoms with Crippen molar-refractivity contribution in [2.24, 2.45) is 5.73 Å². The first-order valence-corrected chi connectivity index (χ1v) is 9.01. The van der Waals surface area contributed by atoms with Crippen LogP contribution < -0.4 is 5.73 Å². The summed E-state index contributed by atoms with van der Waals surface area (Å²) >= 11 is 0. The van der Waals surface area contributed by atoms with E-state index in [4.69, 9.17) is 23.7 Å². The Bertz CT molecular complexity index is 284. The summed E-state index contributed by atoms with van der Waals surface area (Å²) in [5.74, 6) is -0.340. The van der Waals surface area contributed by atoms with Crippen molar-refractivity contribution in [1.29, 1.82) is 0 Å². The number of esters is 1. The number of rotatable bonds is 10. The Labute approximate surface area is 123 Å². The van der Waals surface area contributed by atoms with E-state index >= 15 is 0 Å². The zero-order valence-electron chi connectivity index (χ0n) is 13.5. The zero-order chi connectivity index (χ0) is 15.8. The molecule has 0 radical (unpaired) electrons. The summed E-state index contributed by atoms with van der Waals surface area (Å²) in [6, 6.07) is 0. The number of carbonyl (C=O) groups is 1. The van der Waals surface area contributed by atoms with Crippen molar-refractivity contribution >= 4 is 14.8 Å². The van der Waals surface area contributed by atoms with Gasteiger partial charge in [0, 0.05) is 20.1 Å². The highest BCUT2D eigenvalue weighted by Crippen LogP contribution is 2.20. The summed E-state index contributed by atoms with van der Waals surface area (Å²) in [6.45, 7) is 11.6. The molecule has 0 rings (SSSR count). The number of hydrogen-bond donors (Lipinski definition) is 1. The number of ether oxygens (including phenoxy) is 1. The van der Waals surface area contributed by atoms with Crippen LogP contribution in [0.15, 0.2) is 0 Å². The Kier molecular flexibility index (Phi) is 9.24. The fraction of sp³-hybridized carbons (Fsp3) is 0.923.